The number of hydrogen-bond acceptors (Lipinski definition) is 3. The molecule has 0 bridgehead atoms. The number of rotatable bonds is 4. The molecule has 1 fully saturated rings. The van der Waals surface area contributed by atoms with Crippen LogP contribution in [0.25, 0.3) is 17.3 Å². The molecule has 4 rings (SSSR count). The van der Waals surface area contributed by atoms with Gasteiger partial charge < -0.3 is 9.47 Å². The Morgan fingerprint density at radius 1 is 1.04 bits per heavy atom. The quantitative estimate of drug-likeness (QED) is 0.735. The van der Waals surface area contributed by atoms with E-state index in [9.17, 15) is 4.79 Å². The third kappa shape index (κ3) is 2.63. The van der Waals surface area contributed by atoms with Crippen molar-refractivity contribution in [1.29, 1.82) is 0 Å². The third-order valence-corrected chi connectivity index (χ3v) is 4.79. The van der Waals surface area contributed by atoms with Gasteiger partial charge in [-0.15, -0.1) is 0 Å². The Kier molecular flexibility index (Phi) is 3.87. The molecule has 6 heteroatoms. The fourth-order valence-corrected chi connectivity index (χ4v) is 3.45. The third-order valence-electron chi connectivity index (χ3n) is 4.79. The summed E-state index contributed by atoms with van der Waals surface area (Å²) in [7, 11) is 0. The minimum Gasteiger partial charge on any atom is -0.329 e. The summed E-state index contributed by atoms with van der Waals surface area (Å²) in [6.45, 7) is 5.02. The minimum absolute atomic E-state index is 0.202. The first-order valence-corrected chi connectivity index (χ1v) is 8.66. The van der Waals surface area contributed by atoms with Crippen molar-refractivity contribution in [1.82, 2.24) is 19.1 Å². The number of nitrogens with zero attached hydrogens (tertiary/aromatic N) is 5. The van der Waals surface area contributed by atoms with Crippen LogP contribution >= 0.6 is 0 Å². The van der Waals surface area contributed by atoms with Crippen molar-refractivity contribution in [3.63, 3.8) is 0 Å². The normalized spacial score (nSPS) is 17.4. The summed E-state index contributed by atoms with van der Waals surface area (Å²) in [5.41, 5.74) is 1.96. The molecule has 0 radical (unpaired) electrons. The Hall–Kier alpha value is -2.89. The molecule has 6 nitrogen and oxygen atoms in total. The van der Waals surface area contributed by atoms with Crippen LogP contribution in [0.15, 0.2) is 49.1 Å². The summed E-state index contributed by atoms with van der Waals surface area (Å²) >= 11 is 0. The molecule has 1 saturated heterocycles. The van der Waals surface area contributed by atoms with Crippen LogP contribution in [0.1, 0.15) is 26.7 Å². The standard InChI is InChI=1S/C19H21N5O/c1-3-22-12-10-20-18(22)19-21-11-13-23(19)15-5-7-16(8-6-15)24-14(2)4-9-17(24)25/h5-8,10-14H,3-4,9H2,1-2H3/t14-/m1/s1. The number of imidazole rings is 2. The van der Waals surface area contributed by atoms with Crippen LogP contribution < -0.4 is 4.90 Å². The molecule has 0 spiro atoms. The summed E-state index contributed by atoms with van der Waals surface area (Å²) in [6.07, 6.45) is 9.02. The topological polar surface area (TPSA) is 56.0 Å². The lowest BCUT2D eigenvalue weighted by molar-refractivity contribution is -0.117. The van der Waals surface area contributed by atoms with Gasteiger partial charge in [-0.3, -0.25) is 9.36 Å². The Morgan fingerprint density at radius 2 is 1.72 bits per heavy atom. The van der Waals surface area contributed by atoms with Gasteiger partial charge in [0.15, 0.2) is 11.6 Å². The fraction of sp³-hybridized carbons (Fsp3) is 0.316. The molecule has 1 aromatic carbocycles. The predicted octanol–water partition coefficient (Wildman–Crippen LogP) is 3.27. The smallest absolute Gasteiger partial charge is 0.227 e. The van der Waals surface area contributed by atoms with Crippen molar-refractivity contribution in [2.24, 2.45) is 0 Å². The van der Waals surface area contributed by atoms with Gasteiger partial charge in [0.25, 0.3) is 0 Å². The summed E-state index contributed by atoms with van der Waals surface area (Å²) in [6, 6.07) is 8.33. The molecule has 0 unspecified atom stereocenters. The van der Waals surface area contributed by atoms with E-state index in [2.05, 4.69) is 28.4 Å². The maximum absolute atomic E-state index is 12.1. The number of carbonyl (C=O) groups is 1. The van der Waals surface area contributed by atoms with Crippen molar-refractivity contribution in [2.75, 3.05) is 4.90 Å². The van der Waals surface area contributed by atoms with Crippen LogP contribution in [-0.4, -0.2) is 31.1 Å². The number of amides is 1. The van der Waals surface area contributed by atoms with E-state index >= 15 is 0 Å². The second-order valence-corrected chi connectivity index (χ2v) is 6.33. The molecule has 25 heavy (non-hydrogen) atoms. The Labute approximate surface area is 146 Å². The van der Waals surface area contributed by atoms with Crippen LogP contribution in [0, 0.1) is 0 Å². The van der Waals surface area contributed by atoms with E-state index in [1.807, 2.05) is 46.1 Å². The molecule has 0 aliphatic carbocycles. The van der Waals surface area contributed by atoms with E-state index in [4.69, 9.17) is 0 Å². The van der Waals surface area contributed by atoms with Crippen LogP contribution in [0.3, 0.4) is 0 Å². The van der Waals surface area contributed by atoms with Crippen molar-refractivity contribution >= 4 is 11.6 Å². The highest BCUT2D eigenvalue weighted by Gasteiger charge is 2.28. The lowest BCUT2D eigenvalue weighted by Gasteiger charge is -2.22. The zero-order valence-corrected chi connectivity index (χ0v) is 14.5. The molecule has 1 aliphatic heterocycles. The minimum atomic E-state index is 0.202. The average Bonchev–Trinajstić information content (AvgIpc) is 3.34. The van der Waals surface area contributed by atoms with Gasteiger partial charge in [0.2, 0.25) is 5.91 Å². The summed E-state index contributed by atoms with van der Waals surface area (Å²) in [4.78, 5) is 22.9. The molecular formula is C19H21N5O. The van der Waals surface area contributed by atoms with E-state index < -0.39 is 0 Å². The van der Waals surface area contributed by atoms with Gasteiger partial charge in [-0.1, -0.05) is 0 Å². The van der Waals surface area contributed by atoms with Crippen molar-refractivity contribution in [2.45, 2.75) is 39.3 Å². The Bertz CT molecular complexity index is 893. The average molecular weight is 335 g/mol. The van der Waals surface area contributed by atoms with E-state index in [0.29, 0.717) is 6.42 Å². The van der Waals surface area contributed by atoms with Crippen LogP contribution in [0.2, 0.25) is 0 Å². The maximum atomic E-state index is 12.1. The van der Waals surface area contributed by atoms with E-state index in [-0.39, 0.29) is 11.9 Å². The number of aryl methyl sites for hydroxylation is 1. The van der Waals surface area contributed by atoms with Crippen molar-refractivity contribution < 1.29 is 4.79 Å². The zero-order chi connectivity index (χ0) is 17.4. The van der Waals surface area contributed by atoms with Gasteiger partial charge in [-0.2, -0.15) is 0 Å². The van der Waals surface area contributed by atoms with Gasteiger partial charge in [-0.25, -0.2) is 9.97 Å². The van der Waals surface area contributed by atoms with Gasteiger partial charge >= 0.3 is 0 Å². The molecule has 3 heterocycles. The van der Waals surface area contributed by atoms with Gasteiger partial charge in [0, 0.05) is 55.2 Å². The van der Waals surface area contributed by atoms with Crippen molar-refractivity contribution in [3.05, 3.63) is 49.1 Å². The van der Waals surface area contributed by atoms with Crippen LogP contribution in [-0.2, 0) is 11.3 Å². The predicted molar refractivity (Wildman–Crippen MR) is 96.6 cm³/mol. The number of benzene rings is 1. The van der Waals surface area contributed by atoms with Crippen molar-refractivity contribution in [3.8, 4) is 17.3 Å². The molecule has 0 N–H and O–H groups in total. The Balaban J connectivity index is 1.68. The molecule has 0 saturated carbocycles. The highest BCUT2D eigenvalue weighted by molar-refractivity contribution is 5.96. The lowest BCUT2D eigenvalue weighted by atomic mass is 10.2. The summed E-state index contributed by atoms with van der Waals surface area (Å²) in [5, 5.41) is 0. The largest absolute Gasteiger partial charge is 0.329 e. The van der Waals surface area contributed by atoms with E-state index in [1.165, 1.54) is 0 Å². The second kappa shape index (κ2) is 6.20. The molecule has 2 aromatic heterocycles. The van der Waals surface area contributed by atoms with E-state index in [1.54, 1.807) is 12.4 Å². The molecule has 1 amide bonds. The zero-order valence-electron chi connectivity index (χ0n) is 14.5. The lowest BCUT2D eigenvalue weighted by Crippen LogP contribution is -2.30. The SMILES string of the molecule is CCn1ccnc1-c1nccn1-c1ccc(N2C(=O)CC[C@H]2C)cc1. The molecule has 3 aromatic rings. The van der Waals surface area contributed by atoms with Gasteiger partial charge in [0.05, 0.1) is 0 Å². The number of hydrogen-bond donors (Lipinski definition) is 0. The number of aromatic nitrogens is 4. The number of carbonyl (C=O) groups excluding carboxylic acids is 1. The molecule has 1 atom stereocenters. The van der Waals surface area contributed by atoms with Gasteiger partial charge in [0.1, 0.15) is 0 Å². The first kappa shape index (κ1) is 15.6. The first-order chi connectivity index (χ1) is 12.2. The number of anilines is 1. The summed E-state index contributed by atoms with van der Waals surface area (Å²) in [5.74, 6) is 1.86. The second-order valence-electron chi connectivity index (χ2n) is 6.33. The molecular weight excluding hydrogens is 314 g/mol. The summed E-state index contributed by atoms with van der Waals surface area (Å²) < 4.78 is 4.09. The first-order valence-electron chi connectivity index (χ1n) is 8.66. The highest BCUT2D eigenvalue weighted by Crippen LogP contribution is 2.28. The van der Waals surface area contributed by atoms with Crippen LogP contribution in [0.5, 0.6) is 0 Å². The monoisotopic (exact) mass is 335 g/mol. The fourth-order valence-electron chi connectivity index (χ4n) is 3.45. The Morgan fingerprint density at radius 3 is 2.40 bits per heavy atom. The van der Waals surface area contributed by atoms with E-state index in [0.717, 1.165) is 36.0 Å². The molecule has 128 valence electrons. The highest BCUT2D eigenvalue weighted by atomic mass is 16.2. The van der Waals surface area contributed by atoms with Gasteiger partial charge in [-0.05, 0) is 44.5 Å². The maximum Gasteiger partial charge on any atom is 0.227 e. The van der Waals surface area contributed by atoms with Crippen LogP contribution in [0.4, 0.5) is 5.69 Å². The molecule has 1 aliphatic rings.